The minimum absolute atomic E-state index is 0.328. The lowest BCUT2D eigenvalue weighted by atomic mass is 9.77. The van der Waals surface area contributed by atoms with E-state index in [0.717, 1.165) is 58.9 Å². The van der Waals surface area contributed by atoms with Crippen molar-refractivity contribution in [3.63, 3.8) is 0 Å². The molecule has 2 aromatic heterocycles. The second kappa shape index (κ2) is 10.8. The van der Waals surface area contributed by atoms with E-state index < -0.39 is 19.6 Å². The molecule has 1 amide bonds. The molecule has 0 spiro atoms. The SMILES string of the molecule is C=Cc1ccc2c(c1)CC(CNC(=O)O)(c1cccc(-c3ncnc4c3ccn4COCC[Si](C)(C)C)c1)C2. The zero-order valence-corrected chi connectivity index (χ0v) is 23.9. The molecular formula is C31H36N4O3Si. The van der Waals surface area contributed by atoms with E-state index in [2.05, 4.69) is 77.9 Å². The average molecular weight is 541 g/mol. The van der Waals surface area contributed by atoms with Crippen LogP contribution < -0.4 is 5.32 Å². The van der Waals surface area contributed by atoms with Gasteiger partial charge in [0.2, 0.25) is 0 Å². The molecule has 0 bridgehead atoms. The van der Waals surface area contributed by atoms with Gasteiger partial charge in [0.25, 0.3) is 0 Å². The Hall–Kier alpha value is -3.75. The summed E-state index contributed by atoms with van der Waals surface area (Å²) in [7, 11) is -1.15. The third-order valence-corrected chi connectivity index (χ3v) is 9.34. The largest absolute Gasteiger partial charge is 0.465 e. The van der Waals surface area contributed by atoms with Gasteiger partial charge in [-0.25, -0.2) is 14.8 Å². The normalized spacial score (nSPS) is 16.8. The van der Waals surface area contributed by atoms with E-state index in [1.165, 1.54) is 11.1 Å². The summed E-state index contributed by atoms with van der Waals surface area (Å²) in [4.78, 5) is 20.8. The Balaban J connectivity index is 1.46. The van der Waals surface area contributed by atoms with Crippen molar-refractivity contribution in [3.8, 4) is 11.3 Å². The zero-order valence-electron chi connectivity index (χ0n) is 22.9. The van der Waals surface area contributed by atoms with Crippen LogP contribution in [0.25, 0.3) is 28.4 Å². The molecule has 1 aliphatic carbocycles. The molecule has 7 nitrogen and oxygen atoms in total. The van der Waals surface area contributed by atoms with Crippen LogP contribution in [0.3, 0.4) is 0 Å². The number of carboxylic acid groups (broad SMARTS) is 1. The van der Waals surface area contributed by atoms with Gasteiger partial charge in [0, 0.05) is 43.8 Å². The van der Waals surface area contributed by atoms with Gasteiger partial charge >= 0.3 is 6.09 Å². The van der Waals surface area contributed by atoms with E-state index in [0.29, 0.717) is 13.3 Å². The fourth-order valence-electron chi connectivity index (χ4n) is 5.45. The smallest absolute Gasteiger partial charge is 0.404 e. The third-order valence-electron chi connectivity index (χ3n) is 7.63. The van der Waals surface area contributed by atoms with Gasteiger partial charge in [-0.05, 0) is 53.3 Å². The number of fused-ring (bicyclic) bond motifs is 2. The number of nitrogens with one attached hydrogen (secondary N) is 1. The molecule has 0 saturated carbocycles. The van der Waals surface area contributed by atoms with Gasteiger partial charge in [-0.2, -0.15) is 0 Å². The minimum Gasteiger partial charge on any atom is -0.465 e. The highest BCUT2D eigenvalue weighted by molar-refractivity contribution is 6.76. The predicted molar refractivity (Wildman–Crippen MR) is 159 cm³/mol. The molecule has 0 aliphatic heterocycles. The highest BCUT2D eigenvalue weighted by Crippen LogP contribution is 2.41. The first-order chi connectivity index (χ1) is 18.7. The van der Waals surface area contributed by atoms with E-state index in [9.17, 15) is 9.90 Å². The predicted octanol–water partition coefficient (Wildman–Crippen LogP) is 6.36. The van der Waals surface area contributed by atoms with E-state index in [1.54, 1.807) is 6.33 Å². The van der Waals surface area contributed by atoms with Crippen LogP contribution in [0.5, 0.6) is 0 Å². The summed E-state index contributed by atoms with van der Waals surface area (Å²) in [5.41, 5.74) is 6.93. The number of aromatic nitrogens is 3. The van der Waals surface area contributed by atoms with Gasteiger partial charge in [-0.1, -0.05) is 68.7 Å². The van der Waals surface area contributed by atoms with Crippen molar-refractivity contribution in [3.05, 3.63) is 89.9 Å². The number of ether oxygens (including phenoxy) is 1. The molecule has 1 unspecified atom stereocenters. The maximum atomic E-state index is 11.5. The maximum absolute atomic E-state index is 11.5. The summed E-state index contributed by atoms with van der Waals surface area (Å²) in [6.07, 6.45) is 5.95. The number of nitrogens with zero attached hydrogens (tertiary/aromatic N) is 3. The second-order valence-corrected chi connectivity index (χ2v) is 17.3. The molecule has 0 saturated heterocycles. The van der Waals surface area contributed by atoms with Crippen LogP contribution in [0, 0.1) is 0 Å². The molecule has 39 heavy (non-hydrogen) atoms. The first kappa shape index (κ1) is 26.8. The number of benzene rings is 2. The molecule has 202 valence electrons. The molecule has 1 aliphatic rings. The Morgan fingerprint density at radius 1 is 1.15 bits per heavy atom. The van der Waals surface area contributed by atoms with Crippen molar-refractivity contribution < 1.29 is 14.6 Å². The Kier molecular flexibility index (Phi) is 7.42. The standard InChI is InChI=1S/C31H36N4O3Si/c1-5-22-9-10-24-17-31(18-25(24)15-22,19-32-30(36)37)26-8-6-7-23(16-26)28-27-11-12-35(29(27)34-20-33-28)21-38-13-14-39(2,3)4/h5-12,15-16,20,32H,1,13-14,17-19,21H2,2-4H3,(H,36,37). The van der Waals surface area contributed by atoms with Gasteiger partial charge in [-0.3, -0.25) is 0 Å². The second-order valence-electron chi connectivity index (χ2n) is 11.7. The minimum atomic E-state index is -1.15. The zero-order chi connectivity index (χ0) is 27.6. The van der Waals surface area contributed by atoms with Crippen LogP contribution in [0.1, 0.15) is 22.3 Å². The first-order valence-electron chi connectivity index (χ1n) is 13.4. The Bertz CT molecular complexity index is 1520. The average Bonchev–Trinajstić information content (AvgIpc) is 3.51. The summed E-state index contributed by atoms with van der Waals surface area (Å²) in [6, 6.07) is 17.9. The maximum Gasteiger partial charge on any atom is 0.404 e. The molecule has 0 radical (unpaired) electrons. The monoisotopic (exact) mass is 540 g/mol. The van der Waals surface area contributed by atoms with E-state index >= 15 is 0 Å². The molecule has 4 aromatic rings. The number of rotatable bonds is 10. The van der Waals surface area contributed by atoms with Crippen molar-refractivity contribution in [1.29, 1.82) is 0 Å². The van der Waals surface area contributed by atoms with Crippen LogP contribution in [0.15, 0.2) is 67.6 Å². The van der Waals surface area contributed by atoms with Crippen molar-refractivity contribution in [2.45, 2.75) is 50.7 Å². The lowest BCUT2D eigenvalue weighted by Gasteiger charge is -2.30. The van der Waals surface area contributed by atoms with Crippen molar-refractivity contribution >= 4 is 31.3 Å². The van der Waals surface area contributed by atoms with Crippen LogP contribution in [-0.4, -0.2) is 47.0 Å². The van der Waals surface area contributed by atoms with Gasteiger partial charge in [0.05, 0.1) is 5.69 Å². The van der Waals surface area contributed by atoms with E-state index in [1.807, 2.05) is 29.0 Å². The van der Waals surface area contributed by atoms with Crippen molar-refractivity contribution in [1.82, 2.24) is 19.9 Å². The topological polar surface area (TPSA) is 89.3 Å². The highest BCUT2D eigenvalue weighted by atomic mass is 28.3. The summed E-state index contributed by atoms with van der Waals surface area (Å²) < 4.78 is 8.00. The molecule has 2 aromatic carbocycles. The molecule has 1 atom stereocenters. The molecular weight excluding hydrogens is 504 g/mol. The van der Waals surface area contributed by atoms with Gasteiger partial charge < -0.3 is 19.7 Å². The Morgan fingerprint density at radius 2 is 1.97 bits per heavy atom. The Morgan fingerprint density at radius 3 is 2.74 bits per heavy atom. The van der Waals surface area contributed by atoms with Crippen molar-refractivity contribution in [2.75, 3.05) is 13.2 Å². The van der Waals surface area contributed by atoms with Gasteiger partial charge in [0.15, 0.2) is 0 Å². The fourth-order valence-corrected chi connectivity index (χ4v) is 6.21. The van der Waals surface area contributed by atoms with Crippen LogP contribution in [0.2, 0.25) is 25.7 Å². The number of hydrogen-bond acceptors (Lipinski definition) is 4. The molecule has 2 heterocycles. The molecule has 0 fully saturated rings. The molecule has 8 heteroatoms. The highest BCUT2D eigenvalue weighted by Gasteiger charge is 2.39. The number of amides is 1. The Labute approximate surface area is 230 Å². The summed E-state index contributed by atoms with van der Waals surface area (Å²) in [6.45, 7) is 12.5. The van der Waals surface area contributed by atoms with Crippen LogP contribution >= 0.6 is 0 Å². The summed E-state index contributed by atoms with van der Waals surface area (Å²) in [5.74, 6) is 0. The summed E-state index contributed by atoms with van der Waals surface area (Å²) >= 11 is 0. The molecule has 2 N–H and O–H groups in total. The number of hydrogen-bond donors (Lipinski definition) is 2. The fraction of sp³-hybridized carbons (Fsp3) is 0.323. The van der Waals surface area contributed by atoms with E-state index in [4.69, 9.17) is 4.74 Å². The van der Waals surface area contributed by atoms with Crippen LogP contribution in [0.4, 0.5) is 4.79 Å². The quantitative estimate of drug-likeness (QED) is 0.181. The van der Waals surface area contributed by atoms with Crippen LogP contribution in [-0.2, 0) is 29.7 Å². The van der Waals surface area contributed by atoms with E-state index in [-0.39, 0.29) is 0 Å². The van der Waals surface area contributed by atoms with Gasteiger partial charge in [-0.15, -0.1) is 0 Å². The van der Waals surface area contributed by atoms with Gasteiger partial charge in [0.1, 0.15) is 18.7 Å². The lowest BCUT2D eigenvalue weighted by molar-refractivity contribution is 0.0899. The first-order valence-corrected chi connectivity index (χ1v) is 17.1. The lowest BCUT2D eigenvalue weighted by Crippen LogP contribution is -2.41. The van der Waals surface area contributed by atoms with Crippen molar-refractivity contribution in [2.24, 2.45) is 0 Å². The number of carbonyl (C=O) groups is 1. The summed E-state index contributed by atoms with van der Waals surface area (Å²) in [5, 5.41) is 13.1. The third kappa shape index (κ3) is 5.82. The molecule has 5 rings (SSSR count).